The van der Waals surface area contributed by atoms with Crippen LogP contribution in [0.1, 0.15) is 88.7 Å². The number of rotatable bonds is 4. The topological polar surface area (TPSA) is 79.0 Å². The maximum Gasteiger partial charge on any atom is 0.410 e. The molecule has 2 fully saturated rings. The van der Waals surface area contributed by atoms with E-state index in [1.165, 1.54) is 6.07 Å². The number of nitrogens with zero attached hydrogens (tertiary/aromatic N) is 2. The molecule has 0 saturated carbocycles. The molecule has 2 aromatic carbocycles. The summed E-state index contributed by atoms with van der Waals surface area (Å²) in [7, 11) is 0. The van der Waals surface area contributed by atoms with Crippen LogP contribution >= 0.6 is 0 Å². The maximum atomic E-state index is 15.0. The van der Waals surface area contributed by atoms with Gasteiger partial charge in [-0.15, -0.1) is 0 Å². The molecule has 0 radical (unpaired) electrons. The van der Waals surface area contributed by atoms with E-state index in [1.54, 1.807) is 28.9 Å². The number of piperidine rings is 2. The Labute approximate surface area is 249 Å². The number of hydrogen-bond acceptors (Lipinski definition) is 4. The molecule has 3 amide bonds. The summed E-state index contributed by atoms with van der Waals surface area (Å²) in [6.45, 7) is 15.0. The summed E-state index contributed by atoms with van der Waals surface area (Å²) >= 11 is 0. The van der Waals surface area contributed by atoms with Crippen LogP contribution in [0.4, 0.5) is 14.9 Å². The van der Waals surface area contributed by atoms with Crippen LogP contribution in [0.3, 0.4) is 0 Å². The summed E-state index contributed by atoms with van der Waals surface area (Å²) < 4.78 is 20.6. The molecule has 0 spiro atoms. The van der Waals surface area contributed by atoms with Gasteiger partial charge in [0.2, 0.25) is 5.91 Å². The van der Waals surface area contributed by atoms with Gasteiger partial charge in [0, 0.05) is 31.4 Å². The van der Waals surface area contributed by atoms with E-state index in [4.69, 9.17) is 4.74 Å². The molecule has 8 heteroatoms. The van der Waals surface area contributed by atoms with Crippen LogP contribution in [-0.4, -0.2) is 59.0 Å². The van der Waals surface area contributed by atoms with Crippen molar-refractivity contribution in [1.29, 1.82) is 0 Å². The van der Waals surface area contributed by atoms with Crippen molar-refractivity contribution < 1.29 is 23.5 Å². The number of hydrogen-bond donors (Lipinski definition) is 1. The number of aryl methyl sites for hydroxylation is 1. The van der Waals surface area contributed by atoms with Gasteiger partial charge in [0.25, 0.3) is 5.91 Å². The number of carbonyl (C=O) groups is 3. The van der Waals surface area contributed by atoms with Gasteiger partial charge in [0.1, 0.15) is 11.4 Å². The number of ether oxygens (including phenoxy) is 1. The number of anilines is 1. The Hall–Kier alpha value is -3.42. The van der Waals surface area contributed by atoms with Crippen LogP contribution in [0.5, 0.6) is 0 Å². The van der Waals surface area contributed by atoms with Crippen LogP contribution in [0.2, 0.25) is 0 Å². The Morgan fingerprint density at radius 2 is 1.60 bits per heavy atom. The first kappa shape index (κ1) is 31.5. The Morgan fingerprint density at radius 3 is 2.21 bits per heavy atom. The predicted octanol–water partition coefficient (Wildman–Crippen LogP) is 6.94. The van der Waals surface area contributed by atoms with Crippen molar-refractivity contribution in [3.63, 3.8) is 0 Å². The molecule has 2 saturated heterocycles. The molecule has 4 rings (SSSR count). The van der Waals surface area contributed by atoms with Gasteiger partial charge in [0.05, 0.1) is 11.5 Å². The number of benzene rings is 2. The molecular weight excluding hydrogens is 533 g/mol. The maximum absolute atomic E-state index is 15.0. The van der Waals surface area contributed by atoms with Crippen LogP contribution in [0, 0.1) is 24.6 Å². The van der Waals surface area contributed by atoms with Crippen molar-refractivity contribution in [2.45, 2.75) is 91.2 Å². The number of likely N-dealkylation sites (tertiary alicyclic amines) is 2. The summed E-state index contributed by atoms with van der Waals surface area (Å²) in [5, 5.41) is 3.13. The Bertz CT molecular complexity index is 1280. The first-order chi connectivity index (χ1) is 19.7. The van der Waals surface area contributed by atoms with Gasteiger partial charge in [-0.25, -0.2) is 9.18 Å². The number of amides is 3. The number of carbonyl (C=O) groups excluding carboxylic acids is 3. The summed E-state index contributed by atoms with van der Waals surface area (Å²) in [4.78, 5) is 44.1. The lowest BCUT2D eigenvalue weighted by Crippen LogP contribution is -2.57. The normalized spacial score (nSPS) is 20.3. The molecular formula is C34H46FN3O4. The fraction of sp³-hybridized carbons (Fsp3) is 0.559. The molecule has 42 heavy (non-hydrogen) atoms. The lowest BCUT2D eigenvalue weighted by Gasteiger charge is -2.47. The van der Waals surface area contributed by atoms with Crippen LogP contribution in [0.25, 0.3) is 0 Å². The highest BCUT2D eigenvalue weighted by molar-refractivity contribution is 5.98. The molecule has 7 nitrogen and oxygen atoms in total. The molecule has 2 aromatic rings. The van der Waals surface area contributed by atoms with Gasteiger partial charge < -0.3 is 19.9 Å². The SMILES string of the molecule is Cc1cccc(F)c1C(=O)N1CCCC(C(=O)Nc2cccc(C(C)(C)C)c2)C1C1CCN(C(=O)OC(C)(C)C)CC1. The highest BCUT2D eigenvalue weighted by atomic mass is 19.1. The quantitative estimate of drug-likeness (QED) is 0.426. The Kier molecular flexibility index (Phi) is 9.33. The van der Waals surface area contributed by atoms with Gasteiger partial charge >= 0.3 is 6.09 Å². The molecule has 2 aliphatic heterocycles. The molecule has 2 aliphatic rings. The summed E-state index contributed by atoms with van der Waals surface area (Å²) in [5.74, 6) is -1.56. The first-order valence-electron chi connectivity index (χ1n) is 15.1. The molecule has 2 heterocycles. The number of nitrogens with one attached hydrogen (secondary N) is 1. The zero-order chi connectivity index (χ0) is 30.8. The number of halogens is 1. The van der Waals surface area contributed by atoms with Crippen LogP contribution < -0.4 is 5.32 Å². The molecule has 0 aromatic heterocycles. The van der Waals surface area contributed by atoms with E-state index in [0.717, 1.165) is 11.3 Å². The smallest absolute Gasteiger partial charge is 0.410 e. The van der Waals surface area contributed by atoms with Crippen molar-refractivity contribution in [2.24, 2.45) is 11.8 Å². The van der Waals surface area contributed by atoms with Crippen LogP contribution in [0.15, 0.2) is 42.5 Å². The van der Waals surface area contributed by atoms with Gasteiger partial charge in [0.15, 0.2) is 0 Å². The molecule has 228 valence electrons. The van der Waals surface area contributed by atoms with E-state index in [9.17, 15) is 18.8 Å². The van der Waals surface area contributed by atoms with Crippen molar-refractivity contribution >= 4 is 23.6 Å². The molecule has 0 aliphatic carbocycles. The largest absolute Gasteiger partial charge is 0.444 e. The molecule has 2 atom stereocenters. The summed E-state index contributed by atoms with van der Waals surface area (Å²) in [6, 6.07) is 12.1. The van der Waals surface area contributed by atoms with Crippen LogP contribution in [-0.2, 0) is 14.9 Å². The second-order valence-corrected chi connectivity index (χ2v) is 13.8. The predicted molar refractivity (Wildman–Crippen MR) is 163 cm³/mol. The minimum Gasteiger partial charge on any atom is -0.444 e. The van der Waals surface area contributed by atoms with Crippen molar-refractivity contribution in [3.05, 3.63) is 65.0 Å². The monoisotopic (exact) mass is 579 g/mol. The summed E-state index contributed by atoms with van der Waals surface area (Å²) in [6.07, 6.45) is 2.15. The second kappa shape index (κ2) is 12.4. The van der Waals surface area contributed by atoms with Gasteiger partial charge in [-0.2, -0.15) is 0 Å². The van der Waals surface area contributed by atoms with Gasteiger partial charge in [-0.05, 0) is 94.0 Å². The lowest BCUT2D eigenvalue weighted by molar-refractivity contribution is -0.124. The third-order valence-corrected chi connectivity index (χ3v) is 8.39. The highest BCUT2D eigenvalue weighted by Gasteiger charge is 2.45. The van der Waals surface area contributed by atoms with Gasteiger partial charge in [-0.3, -0.25) is 9.59 Å². The summed E-state index contributed by atoms with van der Waals surface area (Å²) in [5.41, 5.74) is 1.81. The molecule has 0 bridgehead atoms. The van der Waals surface area contributed by atoms with Crippen molar-refractivity contribution in [2.75, 3.05) is 25.0 Å². The minimum atomic E-state index is -0.592. The fourth-order valence-corrected chi connectivity index (χ4v) is 6.22. The molecule has 2 unspecified atom stereocenters. The third kappa shape index (κ3) is 7.31. The van der Waals surface area contributed by atoms with Crippen molar-refractivity contribution in [3.8, 4) is 0 Å². The van der Waals surface area contributed by atoms with E-state index >= 15 is 0 Å². The van der Waals surface area contributed by atoms with E-state index < -0.39 is 23.4 Å². The standard InChI is InChI=1S/C34H46FN3O4/c1-22-11-8-15-27(35)28(22)31(40)38-18-10-14-26(30(39)36-25-13-9-12-24(21-25)33(2,3)4)29(38)23-16-19-37(20-17-23)32(41)42-34(5,6)7/h8-9,11-13,15,21,23,26,29H,10,14,16-20H2,1-7H3,(H,36,39). The first-order valence-corrected chi connectivity index (χ1v) is 15.1. The average molecular weight is 580 g/mol. The van der Waals surface area contributed by atoms with E-state index in [-0.39, 0.29) is 34.8 Å². The van der Waals surface area contributed by atoms with E-state index in [0.29, 0.717) is 50.9 Å². The highest BCUT2D eigenvalue weighted by Crippen LogP contribution is 2.37. The third-order valence-electron chi connectivity index (χ3n) is 8.39. The zero-order valence-electron chi connectivity index (χ0n) is 26.1. The van der Waals surface area contributed by atoms with Gasteiger partial charge in [-0.1, -0.05) is 45.0 Å². The Morgan fingerprint density at radius 1 is 0.929 bits per heavy atom. The minimum absolute atomic E-state index is 0.0309. The zero-order valence-corrected chi connectivity index (χ0v) is 26.1. The lowest BCUT2D eigenvalue weighted by atomic mass is 9.76. The van der Waals surface area contributed by atoms with Crippen molar-refractivity contribution in [1.82, 2.24) is 9.80 Å². The van der Waals surface area contributed by atoms with E-state index in [2.05, 4.69) is 32.2 Å². The molecule has 1 N–H and O–H groups in total. The Balaban J connectivity index is 1.62. The average Bonchev–Trinajstić information content (AvgIpc) is 2.91. The fourth-order valence-electron chi connectivity index (χ4n) is 6.22. The second-order valence-electron chi connectivity index (χ2n) is 13.8. The van der Waals surface area contributed by atoms with E-state index in [1.807, 2.05) is 39.0 Å².